The van der Waals surface area contributed by atoms with Crippen molar-refractivity contribution in [2.24, 2.45) is 0 Å². The number of nitrogens with one attached hydrogen (secondary N) is 1. The Morgan fingerprint density at radius 2 is 2.18 bits per heavy atom. The molecule has 1 aliphatic carbocycles. The van der Waals surface area contributed by atoms with Crippen LogP contribution in [0.1, 0.15) is 31.4 Å². The minimum atomic E-state index is -2.41. The number of hydrogen-bond donors (Lipinski definition) is 1. The lowest BCUT2D eigenvalue weighted by Crippen LogP contribution is -2.27. The lowest BCUT2D eigenvalue weighted by Gasteiger charge is -2.18. The topological polar surface area (TPSA) is 21.3 Å². The van der Waals surface area contributed by atoms with Crippen molar-refractivity contribution >= 4 is 0 Å². The standard InChI is InChI=1S/C13H17F2NO/c1-2-16-12(13(14)15)9-4-3-5-11(8-9)17-10-6-7-10/h3-5,8,10,12-13,16H,2,6-7H2,1H3. The highest BCUT2D eigenvalue weighted by molar-refractivity contribution is 5.31. The highest BCUT2D eigenvalue weighted by atomic mass is 19.3. The van der Waals surface area contributed by atoms with Crippen LogP contribution in [-0.2, 0) is 0 Å². The van der Waals surface area contributed by atoms with Crippen molar-refractivity contribution in [3.63, 3.8) is 0 Å². The third-order valence-corrected chi connectivity index (χ3v) is 2.72. The van der Waals surface area contributed by atoms with E-state index in [1.54, 1.807) is 18.2 Å². The molecule has 1 saturated carbocycles. The zero-order chi connectivity index (χ0) is 12.3. The van der Waals surface area contributed by atoms with Crippen LogP contribution in [0.4, 0.5) is 8.78 Å². The molecule has 1 aliphatic rings. The van der Waals surface area contributed by atoms with Crippen LogP contribution in [0.15, 0.2) is 24.3 Å². The molecule has 1 aromatic carbocycles. The maximum atomic E-state index is 12.9. The van der Waals surface area contributed by atoms with Gasteiger partial charge in [-0.3, -0.25) is 0 Å². The predicted octanol–water partition coefficient (Wildman–Crippen LogP) is 3.14. The smallest absolute Gasteiger partial charge is 0.257 e. The van der Waals surface area contributed by atoms with E-state index in [0.29, 0.717) is 17.9 Å². The van der Waals surface area contributed by atoms with Crippen molar-refractivity contribution < 1.29 is 13.5 Å². The van der Waals surface area contributed by atoms with Gasteiger partial charge in [0.1, 0.15) is 5.75 Å². The zero-order valence-corrected chi connectivity index (χ0v) is 9.83. The maximum absolute atomic E-state index is 12.9. The van der Waals surface area contributed by atoms with Crippen molar-refractivity contribution in [3.8, 4) is 5.75 Å². The summed E-state index contributed by atoms with van der Waals surface area (Å²) in [5.41, 5.74) is 0.583. The second kappa shape index (κ2) is 5.45. The summed E-state index contributed by atoms with van der Waals surface area (Å²) in [5.74, 6) is 0.688. The molecule has 0 radical (unpaired) electrons. The summed E-state index contributed by atoms with van der Waals surface area (Å²) >= 11 is 0. The van der Waals surface area contributed by atoms with Gasteiger partial charge in [0.2, 0.25) is 0 Å². The first-order valence-electron chi connectivity index (χ1n) is 5.99. The van der Waals surface area contributed by atoms with E-state index in [4.69, 9.17) is 4.74 Å². The molecule has 0 bridgehead atoms. The van der Waals surface area contributed by atoms with E-state index in [0.717, 1.165) is 12.8 Å². The van der Waals surface area contributed by atoms with Gasteiger partial charge in [0, 0.05) is 0 Å². The zero-order valence-electron chi connectivity index (χ0n) is 9.83. The van der Waals surface area contributed by atoms with Gasteiger partial charge in [0.05, 0.1) is 12.1 Å². The molecule has 1 atom stereocenters. The van der Waals surface area contributed by atoms with Gasteiger partial charge in [-0.2, -0.15) is 0 Å². The minimum Gasteiger partial charge on any atom is -0.490 e. The number of ether oxygens (including phenoxy) is 1. The van der Waals surface area contributed by atoms with Crippen molar-refractivity contribution in [2.75, 3.05) is 6.54 Å². The number of benzene rings is 1. The molecule has 0 spiro atoms. The molecule has 0 aliphatic heterocycles. The van der Waals surface area contributed by atoms with Gasteiger partial charge in [0.25, 0.3) is 6.43 Å². The van der Waals surface area contributed by atoms with E-state index < -0.39 is 12.5 Å². The maximum Gasteiger partial charge on any atom is 0.257 e. The van der Waals surface area contributed by atoms with Crippen LogP contribution < -0.4 is 10.1 Å². The lowest BCUT2D eigenvalue weighted by molar-refractivity contribution is 0.0991. The molecule has 0 aromatic heterocycles. The quantitative estimate of drug-likeness (QED) is 0.826. The SMILES string of the molecule is CCNC(c1cccc(OC2CC2)c1)C(F)F. The highest BCUT2D eigenvalue weighted by Gasteiger charge is 2.25. The summed E-state index contributed by atoms with van der Waals surface area (Å²) in [6.45, 7) is 2.34. The Kier molecular flexibility index (Phi) is 3.94. The molecule has 0 amide bonds. The summed E-state index contributed by atoms with van der Waals surface area (Å²) in [4.78, 5) is 0. The van der Waals surface area contributed by atoms with Gasteiger partial charge < -0.3 is 10.1 Å². The number of hydrogen-bond acceptors (Lipinski definition) is 2. The molecule has 94 valence electrons. The number of halogens is 2. The molecule has 2 nitrogen and oxygen atoms in total. The minimum absolute atomic E-state index is 0.286. The van der Waals surface area contributed by atoms with Gasteiger partial charge in [0.15, 0.2) is 0 Å². The second-order valence-electron chi connectivity index (χ2n) is 4.26. The van der Waals surface area contributed by atoms with E-state index in [9.17, 15) is 8.78 Å². The fourth-order valence-corrected chi connectivity index (χ4v) is 1.73. The Morgan fingerprint density at radius 3 is 2.76 bits per heavy atom. The third kappa shape index (κ3) is 3.40. The number of alkyl halides is 2. The Labute approximate surface area is 100.0 Å². The second-order valence-corrected chi connectivity index (χ2v) is 4.26. The largest absolute Gasteiger partial charge is 0.490 e. The molecular formula is C13H17F2NO. The van der Waals surface area contributed by atoms with Crippen LogP contribution in [0.2, 0.25) is 0 Å². The van der Waals surface area contributed by atoms with Crippen LogP contribution in [0, 0.1) is 0 Å². The summed E-state index contributed by atoms with van der Waals surface area (Å²) in [5, 5.41) is 2.79. The Morgan fingerprint density at radius 1 is 1.41 bits per heavy atom. The first-order valence-corrected chi connectivity index (χ1v) is 5.99. The molecule has 0 saturated heterocycles. The summed E-state index contributed by atoms with van der Waals surface area (Å²) in [6.07, 6.45) is 0.00586. The normalized spacial score (nSPS) is 17.2. The lowest BCUT2D eigenvalue weighted by atomic mass is 10.1. The van der Waals surface area contributed by atoms with E-state index in [-0.39, 0.29) is 6.10 Å². The molecule has 2 rings (SSSR count). The Bertz CT molecular complexity index is 366. The van der Waals surface area contributed by atoms with Crippen LogP contribution >= 0.6 is 0 Å². The average molecular weight is 241 g/mol. The predicted molar refractivity (Wildman–Crippen MR) is 62.5 cm³/mol. The molecule has 1 unspecified atom stereocenters. The van der Waals surface area contributed by atoms with E-state index in [1.165, 1.54) is 0 Å². The first-order chi connectivity index (χ1) is 8.20. The summed E-state index contributed by atoms with van der Waals surface area (Å²) < 4.78 is 31.4. The highest BCUT2D eigenvalue weighted by Crippen LogP contribution is 2.29. The Hall–Kier alpha value is -1.16. The molecule has 4 heteroatoms. The van der Waals surface area contributed by atoms with Crippen LogP contribution in [0.5, 0.6) is 5.75 Å². The Balaban J connectivity index is 2.11. The van der Waals surface area contributed by atoms with Crippen molar-refractivity contribution in [1.82, 2.24) is 5.32 Å². The van der Waals surface area contributed by atoms with Gasteiger partial charge in [-0.1, -0.05) is 19.1 Å². The fraction of sp³-hybridized carbons (Fsp3) is 0.538. The third-order valence-electron chi connectivity index (χ3n) is 2.72. The summed E-state index contributed by atoms with van der Waals surface area (Å²) in [6, 6.07) is 6.08. The fourth-order valence-electron chi connectivity index (χ4n) is 1.73. The van der Waals surface area contributed by atoms with E-state index >= 15 is 0 Å². The molecule has 1 fully saturated rings. The van der Waals surface area contributed by atoms with Gasteiger partial charge >= 0.3 is 0 Å². The molecule has 1 aromatic rings. The monoisotopic (exact) mass is 241 g/mol. The molecular weight excluding hydrogens is 224 g/mol. The average Bonchev–Trinajstić information content (AvgIpc) is 3.09. The van der Waals surface area contributed by atoms with Crippen LogP contribution in [0.3, 0.4) is 0 Å². The number of rotatable bonds is 6. The van der Waals surface area contributed by atoms with Gasteiger partial charge in [-0.05, 0) is 37.1 Å². The van der Waals surface area contributed by atoms with Crippen LogP contribution in [-0.4, -0.2) is 19.1 Å². The van der Waals surface area contributed by atoms with Crippen molar-refractivity contribution in [3.05, 3.63) is 29.8 Å². The van der Waals surface area contributed by atoms with E-state index in [1.807, 2.05) is 13.0 Å². The van der Waals surface area contributed by atoms with Gasteiger partial charge in [-0.25, -0.2) is 8.78 Å². The van der Waals surface area contributed by atoms with Gasteiger partial charge in [-0.15, -0.1) is 0 Å². The van der Waals surface area contributed by atoms with Crippen LogP contribution in [0.25, 0.3) is 0 Å². The molecule has 0 heterocycles. The molecule has 17 heavy (non-hydrogen) atoms. The first kappa shape index (κ1) is 12.3. The summed E-state index contributed by atoms with van der Waals surface area (Å²) in [7, 11) is 0. The van der Waals surface area contributed by atoms with E-state index in [2.05, 4.69) is 5.32 Å². The molecule has 1 N–H and O–H groups in total. The van der Waals surface area contributed by atoms with Crippen molar-refractivity contribution in [2.45, 2.75) is 38.3 Å². The van der Waals surface area contributed by atoms with Crippen molar-refractivity contribution in [1.29, 1.82) is 0 Å².